The summed E-state index contributed by atoms with van der Waals surface area (Å²) in [6.07, 6.45) is 0.474. The van der Waals surface area contributed by atoms with Gasteiger partial charge in [0.2, 0.25) is 15.9 Å². The number of aryl methyl sites for hydroxylation is 2. The summed E-state index contributed by atoms with van der Waals surface area (Å²) in [7, 11) is -0.900. The highest BCUT2D eigenvalue weighted by atomic mass is 32.2. The largest absolute Gasteiger partial charge is 0.495 e. The minimum absolute atomic E-state index is 0.0600. The average molecular weight is 419 g/mol. The van der Waals surface area contributed by atoms with Crippen molar-refractivity contribution in [1.82, 2.24) is 15.6 Å². The van der Waals surface area contributed by atoms with Crippen molar-refractivity contribution in [3.05, 3.63) is 53.1 Å². The third kappa shape index (κ3) is 4.59. The summed E-state index contributed by atoms with van der Waals surface area (Å²) in [5, 5.41) is 2.92. The van der Waals surface area contributed by atoms with Crippen molar-refractivity contribution in [2.45, 2.75) is 37.2 Å². The first-order valence-corrected chi connectivity index (χ1v) is 10.7. The van der Waals surface area contributed by atoms with Gasteiger partial charge in [0.05, 0.1) is 7.11 Å². The highest BCUT2D eigenvalue weighted by Crippen LogP contribution is 2.30. The van der Waals surface area contributed by atoms with Gasteiger partial charge in [-0.15, -0.1) is 0 Å². The van der Waals surface area contributed by atoms with Crippen LogP contribution in [0.15, 0.2) is 41.3 Å². The molecule has 1 aliphatic rings. The van der Waals surface area contributed by atoms with E-state index < -0.39 is 16.1 Å². The molecule has 9 heteroatoms. The Morgan fingerprint density at radius 1 is 1.10 bits per heavy atom. The van der Waals surface area contributed by atoms with E-state index in [0.717, 1.165) is 22.4 Å². The van der Waals surface area contributed by atoms with Gasteiger partial charge in [0.1, 0.15) is 16.7 Å². The van der Waals surface area contributed by atoms with Crippen LogP contribution in [-0.2, 0) is 14.8 Å². The number of rotatable bonds is 6. The number of amides is 1. The molecule has 1 heterocycles. The van der Waals surface area contributed by atoms with Crippen LogP contribution in [0.25, 0.3) is 0 Å². The van der Waals surface area contributed by atoms with Gasteiger partial charge >= 0.3 is 0 Å². The topological polar surface area (TPSA) is 109 Å². The van der Waals surface area contributed by atoms with Gasteiger partial charge in [-0.25, -0.2) is 24.0 Å². The van der Waals surface area contributed by atoms with Crippen LogP contribution in [0.1, 0.15) is 29.2 Å². The first-order valence-electron chi connectivity index (χ1n) is 9.26. The Kier molecular flexibility index (Phi) is 6.23. The minimum Gasteiger partial charge on any atom is -0.495 e. The molecule has 1 saturated heterocycles. The smallest absolute Gasteiger partial charge is 0.244 e. The van der Waals surface area contributed by atoms with E-state index in [0.29, 0.717) is 6.42 Å². The second-order valence-corrected chi connectivity index (χ2v) is 8.89. The average Bonchev–Trinajstić information content (AvgIpc) is 3.20. The quantitative estimate of drug-likeness (QED) is 0.569. The molecule has 0 bridgehead atoms. The molecule has 1 amide bonds. The Hall–Kier alpha value is -2.46. The van der Waals surface area contributed by atoms with Gasteiger partial charge in [0, 0.05) is 11.7 Å². The molecule has 0 radical (unpaired) electrons. The van der Waals surface area contributed by atoms with Crippen molar-refractivity contribution in [3.63, 3.8) is 0 Å². The molecule has 0 aliphatic carbocycles. The highest BCUT2D eigenvalue weighted by molar-refractivity contribution is 7.89. The number of carbonyl (C=O) groups excluding carboxylic acids is 1. The highest BCUT2D eigenvalue weighted by Gasteiger charge is 2.31. The normalized spacial score (nSPS) is 19.2. The second kappa shape index (κ2) is 8.50. The first kappa shape index (κ1) is 21.3. The monoisotopic (exact) mass is 418 g/mol. The first-order chi connectivity index (χ1) is 13.7. The van der Waals surface area contributed by atoms with E-state index >= 15 is 0 Å². The summed E-state index contributed by atoms with van der Waals surface area (Å²) in [5.41, 5.74) is 9.83. The third-order valence-corrected chi connectivity index (χ3v) is 6.58. The maximum Gasteiger partial charge on any atom is 0.244 e. The van der Waals surface area contributed by atoms with Crippen LogP contribution in [0.5, 0.6) is 5.75 Å². The summed E-state index contributed by atoms with van der Waals surface area (Å²) >= 11 is 0. The molecule has 0 spiro atoms. The second-order valence-electron chi connectivity index (χ2n) is 7.04. The Balaban J connectivity index is 1.74. The van der Waals surface area contributed by atoms with Crippen molar-refractivity contribution in [3.8, 4) is 5.75 Å². The molecule has 0 aromatic heterocycles. The number of benzene rings is 2. The number of sulfonamides is 1. The fourth-order valence-electron chi connectivity index (χ4n) is 3.23. The number of hydrogen-bond donors (Lipinski definition) is 4. The number of anilines is 1. The summed E-state index contributed by atoms with van der Waals surface area (Å²) in [6, 6.07) is 10.1. The van der Waals surface area contributed by atoms with E-state index in [1.54, 1.807) is 18.2 Å². The summed E-state index contributed by atoms with van der Waals surface area (Å²) < 4.78 is 32.0. The van der Waals surface area contributed by atoms with E-state index in [2.05, 4.69) is 20.9 Å². The molecule has 2 aromatic carbocycles. The summed E-state index contributed by atoms with van der Waals surface area (Å²) in [4.78, 5) is 12.7. The molecular weight excluding hydrogens is 392 g/mol. The lowest BCUT2D eigenvalue weighted by Crippen LogP contribution is -2.39. The molecule has 2 unspecified atom stereocenters. The Labute approximate surface area is 171 Å². The molecule has 2 aromatic rings. The molecule has 4 N–H and O–H groups in total. The van der Waals surface area contributed by atoms with Gasteiger partial charge in [0.15, 0.2) is 0 Å². The molecule has 1 fully saturated rings. The fraction of sp³-hybridized carbons (Fsp3) is 0.350. The number of nitrogens with one attached hydrogen (secondary N) is 4. The lowest BCUT2D eigenvalue weighted by atomic mass is 10.0. The SMILES string of the molecule is CNS(=O)(=O)c1cc(C2CC(C(=O)Nc3ccc(C)c(C)c3)NN2)ccc1OC. The number of hydrazine groups is 1. The van der Waals surface area contributed by atoms with Crippen molar-refractivity contribution < 1.29 is 17.9 Å². The van der Waals surface area contributed by atoms with Crippen LogP contribution in [0.2, 0.25) is 0 Å². The van der Waals surface area contributed by atoms with Gasteiger partial charge < -0.3 is 10.1 Å². The summed E-state index contributed by atoms with van der Waals surface area (Å²) in [5.74, 6) is 0.109. The Bertz CT molecular complexity index is 1020. The van der Waals surface area contributed by atoms with Gasteiger partial charge in [0.25, 0.3) is 0 Å². The molecule has 2 atom stereocenters. The van der Waals surface area contributed by atoms with Gasteiger partial charge in [-0.05, 0) is 68.3 Å². The number of hydrogen-bond acceptors (Lipinski definition) is 6. The van der Waals surface area contributed by atoms with Gasteiger partial charge in [-0.1, -0.05) is 12.1 Å². The van der Waals surface area contributed by atoms with E-state index in [1.807, 2.05) is 32.0 Å². The predicted molar refractivity (Wildman–Crippen MR) is 111 cm³/mol. The van der Waals surface area contributed by atoms with Crippen LogP contribution in [0, 0.1) is 13.8 Å². The Morgan fingerprint density at radius 2 is 1.86 bits per heavy atom. The molecule has 8 nitrogen and oxygen atoms in total. The van der Waals surface area contributed by atoms with E-state index in [4.69, 9.17) is 4.74 Å². The van der Waals surface area contributed by atoms with Crippen molar-refractivity contribution >= 4 is 21.6 Å². The third-order valence-electron chi connectivity index (χ3n) is 5.14. The minimum atomic E-state index is -3.67. The molecule has 156 valence electrons. The van der Waals surface area contributed by atoms with Crippen molar-refractivity contribution in [1.29, 1.82) is 0 Å². The van der Waals surface area contributed by atoms with Crippen LogP contribution in [-0.4, -0.2) is 34.5 Å². The van der Waals surface area contributed by atoms with Crippen LogP contribution >= 0.6 is 0 Å². The predicted octanol–water partition coefficient (Wildman–Crippen LogP) is 1.77. The molecule has 1 aliphatic heterocycles. The standard InChI is InChI=1S/C20H26N4O4S/c1-12-5-7-15(9-13(12)2)22-20(25)17-11-16(23-24-17)14-6-8-18(28-4)19(10-14)29(26,27)21-3/h5-10,16-17,21,23-24H,11H2,1-4H3,(H,22,25). The number of methoxy groups -OCH3 is 1. The zero-order valence-electron chi connectivity index (χ0n) is 16.9. The Morgan fingerprint density at radius 3 is 2.52 bits per heavy atom. The van der Waals surface area contributed by atoms with Gasteiger partial charge in [-0.2, -0.15) is 0 Å². The van der Waals surface area contributed by atoms with Gasteiger partial charge in [-0.3, -0.25) is 4.79 Å². The molecule has 3 rings (SSSR count). The zero-order valence-corrected chi connectivity index (χ0v) is 17.7. The lowest BCUT2D eigenvalue weighted by molar-refractivity contribution is -0.117. The van der Waals surface area contributed by atoms with E-state index in [9.17, 15) is 13.2 Å². The molecular formula is C20H26N4O4S. The van der Waals surface area contributed by atoms with Crippen LogP contribution in [0.3, 0.4) is 0 Å². The van der Waals surface area contributed by atoms with Crippen molar-refractivity contribution in [2.75, 3.05) is 19.5 Å². The molecule has 0 saturated carbocycles. The maximum absolute atomic E-state index is 12.6. The van der Waals surface area contributed by atoms with Crippen LogP contribution < -0.4 is 25.6 Å². The molecule has 29 heavy (non-hydrogen) atoms. The number of carbonyl (C=O) groups is 1. The summed E-state index contributed by atoms with van der Waals surface area (Å²) in [6.45, 7) is 4.02. The zero-order chi connectivity index (χ0) is 21.2. The number of ether oxygens (including phenoxy) is 1. The lowest BCUT2D eigenvalue weighted by Gasteiger charge is -2.14. The maximum atomic E-state index is 12.6. The van der Waals surface area contributed by atoms with E-state index in [-0.39, 0.29) is 22.6 Å². The van der Waals surface area contributed by atoms with E-state index in [1.165, 1.54) is 14.2 Å². The van der Waals surface area contributed by atoms with Crippen LogP contribution in [0.4, 0.5) is 5.69 Å². The van der Waals surface area contributed by atoms with Crippen molar-refractivity contribution in [2.24, 2.45) is 0 Å². The fourth-order valence-corrected chi connectivity index (χ4v) is 4.15.